The lowest BCUT2D eigenvalue weighted by Crippen LogP contribution is -2.42. The van der Waals surface area contributed by atoms with E-state index < -0.39 is 0 Å². The Hall–Kier alpha value is -0.570. The Bertz CT molecular complexity index is 394. The van der Waals surface area contributed by atoms with Crippen LogP contribution in [0.1, 0.15) is 38.3 Å². The summed E-state index contributed by atoms with van der Waals surface area (Å²) < 4.78 is 0. The molecule has 3 heteroatoms. The maximum absolute atomic E-state index is 5.93. The summed E-state index contributed by atoms with van der Waals surface area (Å²) >= 11 is 5.93. The van der Waals surface area contributed by atoms with E-state index in [9.17, 15) is 0 Å². The quantitative estimate of drug-likeness (QED) is 0.904. The van der Waals surface area contributed by atoms with Crippen LogP contribution in [0, 0.1) is 5.41 Å². The lowest BCUT2D eigenvalue weighted by molar-refractivity contribution is 0.134. The Kier molecular flexibility index (Phi) is 4.88. The highest BCUT2D eigenvalue weighted by Crippen LogP contribution is 2.30. The van der Waals surface area contributed by atoms with E-state index in [1.54, 1.807) is 0 Å². The van der Waals surface area contributed by atoms with Crippen LogP contribution in [-0.2, 0) is 0 Å². The number of nitrogens with zero attached hydrogens (tertiary/aromatic N) is 1. The van der Waals surface area contributed by atoms with Crippen molar-refractivity contribution in [2.24, 2.45) is 5.41 Å². The third-order valence-electron chi connectivity index (χ3n) is 4.40. The van der Waals surface area contributed by atoms with Gasteiger partial charge in [0.1, 0.15) is 0 Å². The monoisotopic (exact) mass is 280 g/mol. The Balaban J connectivity index is 1.86. The first-order chi connectivity index (χ1) is 8.98. The van der Waals surface area contributed by atoms with Gasteiger partial charge in [0.2, 0.25) is 0 Å². The van der Waals surface area contributed by atoms with E-state index in [0.717, 1.165) is 11.6 Å². The number of hydrogen-bond donors (Lipinski definition) is 1. The molecule has 0 bridgehead atoms. The fourth-order valence-corrected chi connectivity index (χ4v) is 2.73. The Morgan fingerprint density at radius 2 is 1.84 bits per heavy atom. The molecule has 1 aromatic carbocycles. The third-order valence-corrected chi connectivity index (χ3v) is 4.65. The molecule has 0 aliphatic carbocycles. The first-order valence-electron chi connectivity index (χ1n) is 7.16. The van der Waals surface area contributed by atoms with Crippen molar-refractivity contribution in [1.29, 1.82) is 0 Å². The van der Waals surface area contributed by atoms with E-state index in [1.807, 2.05) is 12.1 Å². The van der Waals surface area contributed by atoms with Gasteiger partial charge < -0.3 is 10.2 Å². The summed E-state index contributed by atoms with van der Waals surface area (Å²) in [5.74, 6) is 0. The van der Waals surface area contributed by atoms with Gasteiger partial charge >= 0.3 is 0 Å². The summed E-state index contributed by atoms with van der Waals surface area (Å²) in [6, 6.07) is 8.53. The number of rotatable bonds is 4. The summed E-state index contributed by atoms with van der Waals surface area (Å²) in [5, 5.41) is 4.49. The predicted molar refractivity (Wildman–Crippen MR) is 82.7 cm³/mol. The van der Waals surface area contributed by atoms with Crippen molar-refractivity contribution < 1.29 is 0 Å². The average molecular weight is 281 g/mol. The van der Waals surface area contributed by atoms with E-state index >= 15 is 0 Å². The molecule has 2 rings (SSSR count). The summed E-state index contributed by atoms with van der Waals surface area (Å²) in [5.41, 5.74) is 1.74. The van der Waals surface area contributed by atoms with E-state index in [2.05, 4.69) is 43.2 Å². The number of piperidine rings is 1. The molecule has 1 atom stereocenters. The van der Waals surface area contributed by atoms with Gasteiger partial charge in [-0.05, 0) is 63.0 Å². The fourth-order valence-electron chi connectivity index (χ4n) is 2.60. The van der Waals surface area contributed by atoms with E-state index in [-0.39, 0.29) is 0 Å². The molecule has 1 saturated heterocycles. The van der Waals surface area contributed by atoms with Crippen LogP contribution in [0.4, 0.5) is 0 Å². The van der Waals surface area contributed by atoms with Gasteiger partial charge in [-0.1, -0.05) is 30.7 Å². The maximum atomic E-state index is 5.93. The number of likely N-dealkylation sites (tertiary alicyclic amines) is 1. The molecule has 106 valence electrons. The number of halogens is 1. The molecule has 1 fully saturated rings. The summed E-state index contributed by atoms with van der Waals surface area (Å²) in [6.07, 6.45) is 2.56. The molecular weight excluding hydrogens is 256 g/mol. The molecule has 1 unspecified atom stereocenters. The molecule has 0 spiro atoms. The van der Waals surface area contributed by atoms with Gasteiger partial charge in [0.05, 0.1) is 0 Å². The van der Waals surface area contributed by atoms with Gasteiger partial charge in [0.25, 0.3) is 0 Å². The highest BCUT2D eigenvalue weighted by Gasteiger charge is 2.28. The number of benzene rings is 1. The summed E-state index contributed by atoms with van der Waals surface area (Å²) in [4.78, 5) is 2.42. The molecule has 0 aromatic heterocycles. The van der Waals surface area contributed by atoms with Gasteiger partial charge in [-0.2, -0.15) is 0 Å². The van der Waals surface area contributed by atoms with Crippen LogP contribution in [0.15, 0.2) is 24.3 Å². The molecule has 0 radical (unpaired) electrons. The Morgan fingerprint density at radius 1 is 1.26 bits per heavy atom. The van der Waals surface area contributed by atoms with Gasteiger partial charge in [-0.25, -0.2) is 0 Å². The minimum absolute atomic E-state index is 0.383. The number of hydrogen-bond acceptors (Lipinski definition) is 2. The second kappa shape index (κ2) is 6.25. The lowest BCUT2D eigenvalue weighted by Gasteiger charge is -2.38. The molecule has 0 saturated carbocycles. The molecule has 2 nitrogen and oxygen atoms in total. The van der Waals surface area contributed by atoms with Crippen molar-refractivity contribution >= 4 is 11.6 Å². The van der Waals surface area contributed by atoms with Crippen LogP contribution in [0.3, 0.4) is 0 Å². The van der Waals surface area contributed by atoms with Crippen molar-refractivity contribution in [2.75, 3.05) is 26.7 Å². The first-order valence-corrected chi connectivity index (χ1v) is 7.54. The van der Waals surface area contributed by atoms with Gasteiger partial charge in [0, 0.05) is 17.6 Å². The largest absolute Gasteiger partial charge is 0.310 e. The zero-order valence-corrected chi connectivity index (χ0v) is 13.0. The average Bonchev–Trinajstić information content (AvgIpc) is 2.41. The molecular formula is C16H25ClN2. The van der Waals surface area contributed by atoms with Crippen molar-refractivity contribution in [3.8, 4) is 0 Å². The number of nitrogens with one attached hydrogen (secondary N) is 1. The SMILES string of the molecule is CC(NCC1(C)CCN(C)CC1)c1ccc(Cl)cc1. The minimum atomic E-state index is 0.383. The van der Waals surface area contributed by atoms with Gasteiger partial charge in [-0.3, -0.25) is 0 Å². The van der Waals surface area contributed by atoms with Crippen LogP contribution >= 0.6 is 11.6 Å². The highest BCUT2D eigenvalue weighted by atomic mass is 35.5. The van der Waals surface area contributed by atoms with Crippen LogP contribution < -0.4 is 5.32 Å². The standard InChI is InChI=1S/C16H25ClN2/c1-13(14-4-6-15(17)7-5-14)18-12-16(2)8-10-19(3)11-9-16/h4-7,13,18H,8-12H2,1-3H3. The van der Waals surface area contributed by atoms with E-state index in [1.165, 1.54) is 31.5 Å². The summed E-state index contributed by atoms with van der Waals surface area (Å²) in [7, 11) is 2.21. The van der Waals surface area contributed by atoms with Crippen LogP contribution in [0.5, 0.6) is 0 Å². The second-order valence-corrected chi connectivity index (χ2v) is 6.70. The first kappa shape index (κ1) is 14.8. The van der Waals surface area contributed by atoms with E-state index in [4.69, 9.17) is 11.6 Å². The normalized spacial score (nSPS) is 21.3. The highest BCUT2D eigenvalue weighted by molar-refractivity contribution is 6.30. The zero-order chi connectivity index (χ0) is 13.9. The molecule has 1 aliphatic rings. The molecule has 1 N–H and O–H groups in total. The summed E-state index contributed by atoms with van der Waals surface area (Å²) in [6.45, 7) is 8.15. The molecule has 19 heavy (non-hydrogen) atoms. The minimum Gasteiger partial charge on any atom is -0.310 e. The van der Waals surface area contributed by atoms with Crippen molar-refractivity contribution in [1.82, 2.24) is 10.2 Å². The zero-order valence-electron chi connectivity index (χ0n) is 12.2. The smallest absolute Gasteiger partial charge is 0.0406 e. The van der Waals surface area contributed by atoms with Crippen LogP contribution in [0.2, 0.25) is 5.02 Å². The lowest BCUT2D eigenvalue weighted by atomic mass is 9.80. The maximum Gasteiger partial charge on any atom is 0.0406 e. The van der Waals surface area contributed by atoms with Crippen molar-refractivity contribution in [3.63, 3.8) is 0 Å². The van der Waals surface area contributed by atoms with E-state index in [0.29, 0.717) is 11.5 Å². The molecule has 1 aliphatic heterocycles. The van der Waals surface area contributed by atoms with Gasteiger partial charge in [0.15, 0.2) is 0 Å². The Labute approximate surface area is 122 Å². The van der Waals surface area contributed by atoms with Crippen LogP contribution in [-0.4, -0.2) is 31.6 Å². The van der Waals surface area contributed by atoms with Crippen LogP contribution in [0.25, 0.3) is 0 Å². The van der Waals surface area contributed by atoms with Crippen molar-refractivity contribution in [2.45, 2.75) is 32.7 Å². The molecule has 1 aromatic rings. The third kappa shape index (κ3) is 4.20. The topological polar surface area (TPSA) is 15.3 Å². The fraction of sp³-hybridized carbons (Fsp3) is 0.625. The predicted octanol–water partition coefficient (Wildman–Crippen LogP) is 3.72. The molecule has 0 amide bonds. The van der Waals surface area contributed by atoms with Gasteiger partial charge in [-0.15, -0.1) is 0 Å². The molecule has 1 heterocycles. The Morgan fingerprint density at radius 3 is 2.42 bits per heavy atom. The second-order valence-electron chi connectivity index (χ2n) is 6.27. The van der Waals surface area contributed by atoms with Crippen molar-refractivity contribution in [3.05, 3.63) is 34.9 Å².